The number of benzene rings is 2. The first-order valence-corrected chi connectivity index (χ1v) is 8.15. The van der Waals surface area contributed by atoms with Crippen LogP contribution in [0.15, 0.2) is 54.6 Å². The number of fused-ring (bicyclic) bond motifs is 1. The number of aromatic nitrogens is 1. The summed E-state index contributed by atoms with van der Waals surface area (Å²) in [6.45, 7) is 2.94. The summed E-state index contributed by atoms with van der Waals surface area (Å²) < 4.78 is 10.9. The molecule has 3 rings (SSSR count). The predicted molar refractivity (Wildman–Crippen MR) is 97.1 cm³/mol. The first-order chi connectivity index (χ1) is 12.2. The molecule has 5 nitrogen and oxygen atoms in total. The van der Waals surface area contributed by atoms with Crippen molar-refractivity contribution < 1.29 is 14.3 Å². The zero-order chi connectivity index (χ0) is 17.6. The Morgan fingerprint density at radius 3 is 2.76 bits per heavy atom. The Balaban J connectivity index is 1.77. The maximum absolute atomic E-state index is 12.5. The lowest BCUT2D eigenvalue weighted by Crippen LogP contribution is -2.24. The highest BCUT2D eigenvalue weighted by Crippen LogP contribution is 2.25. The smallest absolute Gasteiger partial charge is 0.270 e. The van der Waals surface area contributed by atoms with Crippen molar-refractivity contribution >= 4 is 16.8 Å². The van der Waals surface area contributed by atoms with Crippen LogP contribution in [0.4, 0.5) is 0 Å². The molecule has 2 aromatic carbocycles. The topological polar surface area (TPSA) is 60.5 Å². The summed E-state index contributed by atoms with van der Waals surface area (Å²) in [4.78, 5) is 16.9. The van der Waals surface area contributed by atoms with Crippen LogP contribution in [0.5, 0.6) is 11.5 Å². The molecule has 0 saturated heterocycles. The highest BCUT2D eigenvalue weighted by Gasteiger charge is 2.12. The third-order valence-electron chi connectivity index (χ3n) is 3.79. The second-order valence-electron chi connectivity index (χ2n) is 5.49. The molecule has 3 aromatic rings. The summed E-state index contributed by atoms with van der Waals surface area (Å²) in [5.41, 5.74) is 2.02. The minimum absolute atomic E-state index is 0.245. The molecule has 5 heteroatoms. The van der Waals surface area contributed by atoms with Crippen molar-refractivity contribution in [1.29, 1.82) is 0 Å². The molecule has 0 atom stereocenters. The van der Waals surface area contributed by atoms with Crippen molar-refractivity contribution in [2.24, 2.45) is 0 Å². The van der Waals surface area contributed by atoms with Crippen molar-refractivity contribution in [3.63, 3.8) is 0 Å². The molecule has 1 N–H and O–H groups in total. The molecule has 0 spiro atoms. The van der Waals surface area contributed by atoms with Crippen LogP contribution in [0, 0.1) is 0 Å². The molecule has 0 bridgehead atoms. The van der Waals surface area contributed by atoms with E-state index in [0.717, 1.165) is 22.2 Å². The molecule has 0 aliphatic heterocycles. The van der Waals surface area contributed by atoms with E-state index in [1.807, 2.05) is 55.5 Å². The van der Waals surface area contributed by atoms with E-state index in [9.17, 15) is 4.79 Å². The van der Waals surface area contributed by atoms with Gasteiger partial charge in [0.05, 0.1) is 19.2 Å². The third kappa shape index (κ3) is 3.88. The number of para-hydroxylation sites is 1. The Kier molecular flexibility index (Phi) is 5.14. The highest BCUT2D eigenvalue weighted by molar-refractivity contribution is 5.97. The molecular weight excluding hydrogens is 316 g/mol. The van der Waals surface area contributed by atoms with E-state index in [1.165, 1.54) is 0 Å². The maximum Gasteiger partial charge on any atom is 0.270 e. The fraction of sp³-hybridized carbons (Fsp3) is 0.200. The molecule has 0 unspecified atom stereocenters. The highest BCUT2D eigenvalue weighted by atomic mass is 16.5. The SMILES string of the molecule is CCOc1cccc(CNC(=O)c2cc(OC)c3ccccc3n2)c1. The number of hydrogen-bond acceptors (Lipinski definition) is 4. The number of rotatable bonds is 6. The molecular formula is C20H20N2O3. The van der Waals surface area contributed by atoms with Crippen LogP contribution in [0.3, 0.4) is 0 Å². The largest absolute Gasteiger partial charge is 0.496 e. The predicted octanol–water partition coefficient (Wildman–Crippen LogP) is 3.57. The van der Waals surface area contributed by atoms with Crippen LogP contribution in [0.1, 0.15) is 23.0 Å². The number of methoxy groups -OCH3 is 1. The molecule has 25 heavy (non-hydrogen) atoms. The lowest BCUT2D eigenvalue weighted by molar-refractivity contribution is 0.0946. The van der Waals surface area contributed by atoms with Crippen molar-refractivity contribution in [3.8, 4) is 11.5 Å². The Morgan fingerprint density at radius 2 is 1.96 bits per heavy atom. The number of amides is 1. The minimum atomic E-state index is -0.245. The summed E-state index contributed by atoms with van der Waals surface area (Å²) in [6.07, 6.45) is 0. The van der Waals surface area contributed by atoms with Gasteiger partial charge < -0.3 is 14.8 Å². The van der Waals surface area contributed by atoms with Crippen LogP contribution < -0.4 is 14.8 Å². The van der Waals surface area contributed by atoms with Gasteiger partial charge in [0.1, 0.15) is 17.2 Å². The third-order valence-corrected chi connectivity index (χ3v) is 3.79. The van der Waals surface area contributed by atoms with Gasteiger partial charge in [0.2, 0.25) is 0 Å². The van der Waals surface area contributed by atoms with Crippen LogP contribution in [-0.2, 0) is 6.54 Å². The summed E-state index contributed by atoms with van der Waals surface area (Å²) in [7, 11) is 1.59. The van der Waals surface area contributed by atoms with Gasteiger partial charge in [-0.25, -0.2) is 4.98 Å². The lowest BCUT2D eigenvalue weighted by Gasteiger charge is -2.10. The van der Waals surface area contributed by atoms with Crippen LogP contribution >= 0.6 is 0 Å². The Labute approximate surface area is 146 Å². The average Bonchev–Trinajstić information content (AvgIpc) is 2.65. The van der Waals surface area contributed by atoms with Crippen LogP contribution in [-0.4, -0.2) is 24.6 Å². The maximum atomic E-state index is 12.5. The molecule has 128 valence electrons. The number of carbonyl (C=O) groups is 1. The first-order valence-electron chi connectivity index (χ1n) is 8.15. The second-order valence-corrected chi connectivity index (χ2v) is 5.49. The van der Waals surface area contributed by atoms with E-state index in [4.69, 9.17) is 9.47 Å². The number of carbonyl (C=O) groups excluding carboxylic acids is 1. The second kappa shape index (κ2) is 7.66. The van der Waals surface area contributed by atoms with Crippen molar-refractivity contribution in [1.82, 2.24) is 10.3 Å². The minimum Gasteiger partial charge on any atom is -0.496 e. The number of ether oxygens (including phenoxy) is 2. The van der Waals surface area contributed by atoms with Crippen molar-refractivity contribution in [2.75, 3.05) is 13.7 Å². The zero-order valence-electron chi connectivity index (χ0n) is 14.3. The fourth-order valence-electron chi connectivity index (χ4n) is 2.61. The van der Waals surface area contributed by atoms with Gasteiger partial charge in [-0.05, 0) is 36.8 Å². The van der Waals surface area contributed by atoms with E-state index < -0.39 is 0 Å². The average molecular weight is 336 g/mol. The first kappa shape index (κ1) is 16.8. The normalized spacial score (nSPS) is 10.5. The molecule has 1 heterocycles. The van der Waals surface area contributed by atoms with Gasteiger partial charge in [0.25, 0.3) is 5.91 Å². The van der Waals surface area contributed by atoms with Gasteiger partial charge in [-0.3, -0.25) is 4.79 Å². The molecule has 0 aliphatic carbocycles. The van der Waals surface area contributed by atoms with Crippen molar-refractivity contribution in [2.45, 2.75) is 13.5 Å². The van der Waals surface area contributed by atoms with Crippen molar-refractivity contribution in [3.05, 3.63) is 65.9 Å². The van der Waals surface area contributed by atoms with E-state index >= 15 is 0 Å². The fourth-order valence-corrected chi connectivity index (χ4v) is 2.61. The Hall–Kier alpha value is -3.08. The number of hydrogen-bond donors (Lipinski definition) is 1. The van der Waals surface area contributed by atoms with Gasteiger partial charge in [0, 0.05) is 18.0 Å². The molecule has 0 fully saturated rings. The van der Waals surface area contributed by atoms with Gasteiger partial charge >= 0.3 is 0 Å². The quantitative estimate of drug-likeness (QED) is 0.747. The zero-order valence-corrected chi connectivity index (χ0v) is 14.3. The number of nitrogens with zero attached hydrogens (tertiary/aromatic N) is 1. The van der Waals surface area contributed by atoms with Crippen LogP contribution in [0.25, 0.3) is 10.9 Å². The number of nitrogens with one attached hydrogen (secondary N) is 1. The Morgan fingerprint density at radius 1 is 1.12 bits per heavy atom. The molecule has 1 aromatic heterocycles. The summed E-state index contributed by atoms with van der Waals surface area (Å²) in [5, 5.41) is 3.77. The number of pyridine rings is 1. The molecule has 0 aliphatic rings. The van der Waals surface area contributed by atoms with E-state index in [0.29, 0.717) is 24.6 Å². The standard InChI is InChI=1S/C20H20N2O3/c1-3-25-15-8-6-7-14(11-15)13-21-20(23)18-12-19(24-2)16-9-4-5-10-17(16)22-18/h4-12H,3,13H2,1-2H3,(H,21,23). The van der Waals surface area contributed by atoms with Gasteiger partial charge in [-0.1, -0.05) is 24.3 Å². The lowest BCUT2D eigenvalue weighted by atomic mass is 10.1. The van der Waals surface area contributed by atoms with Gasteiger partial charge in [-0.15, -0.1) is 0 Å². The Bertz CT molecular complexity index is 893. The molecule has 0 radical (unpaired) electrons. The summed E-state index contributed by atoms with van der Waals surface area (Å²) in [6, 6.07) is 16.9. The van der Waals surface area contributed by atoms with Gasteiger partial charge in [-0.2, -0.15) is 0 Å². The monoisotopic (exact) mass is 336 g/mol. The molecule has 0 saturated carbocycles. The van der Waals surface area contributed by atoms with E-state index in [2.05, 4.69) is 10.3 Å². The molecule has 1 amide bonds. The summed E-state index contributed by atoms with van der Waals surface area (Å²) in [5.74, 6) is 1.18. The van der Waals surface area contributed by atoms with E-state index in [1.54, 1.807) is 13.2 Å². The van der Waals surface area contributed by atoms with E-state index in [-0.39, 0.29) is 5.91 Å². The van der Waals surface area contributed by atoms with Crippen LogP contribution in [0.2, 0.25) is 0 Å². The summed E-state index contributed by atoms with van der Waals surface area (Å²) >= 11 is 0. The van der Waals surface area contributed by atoms with Gasteiger partial charge in [0.15, 0.2) is 0 Å².